The molecule has 16 heavy (non-hydrogen) atoms. The van der Waals surface area contributed by atoms with E-state index < -0.39 is 0 Å². The van der Waals surface area contributed by atoms with Crippen LogP contribution in [-0.2, 0) is 9.47 Å². The van der Waals surface area contributed by atoms with Crippen LogP contribution in [0.15, 0.2) is 0 Å². The Morgan fingerprint density at radius 1 is 1.12 bits per heavy atom. The van der Waals surface area contributed by atoms with Gasteiger partial charge in [-0.05, 0) is 12.8 Å². The molecule has 0 heterocycles. The predicted octanol–water partition coefficient (Wildman–Crippen LogP) is 2.48. The lowest BCUT2D eigenvalue weighted by Gasteiger charge is -2.40. The van der Waals surface area contributed by atoms with Gasteiger partial charge in [-0.15, -0.1) is 0 Å². The Kier molecular flexibility index (Phi) is 7.01. The number of nitrogens with two attached hydrogens (primary N) is 1. The van der Waals surface area contributed by atoms with E-state index in [1.54, 1.807) is 7.11 Å². The molecule has 1 rings (SSSR count). The first kappa shape index (κ1) is 13.9. The molecule has 0 radical (unpaired) electrons. The molecule has 3 unspecified atom stereocenters. The van der Waals surface area contributed by atoms with Gasteiger partial charge in [0, 0.05) is 19.8 Å². The zero-order valence-electron chi connectivity index (χ0n) is 10.8. The molecule has 0 saturated heterocycles. The molecule has 0 aromatic carbocycles. The second kappa shape index (κ2) is 8.04. The van der Waals surface area contributed by atoms with Gasteiger partial charge in [0.25, 0.3) is 0 Å². The molecule has 1 aliphatic carbocycles. The van der Waals surface area contributed by atoms with E-state index in [0.717, 1.165) is 13.0 Å². The van der Waals surface area contributed by atoms with E-state index in [0.29, 0.717) is 0 Å². The van der Waals surface area contributed by atoms with Gasteiger partial charge in [-0.3, -0.25) is 0 Å². The molecule has 96 valence electrons. The molecule has 2 N–H and O–H groups in total. The number of ether oxygens (including phenoxy) is 2. The predicted molar refractivity (Wildman–Crippen MR) is 66.5 cm³/mol. The van der Waals surface area contributed by atoms with Gasteiger partial charge in [-0.25, -0.2) is 0 Å². The van der Waals surface area contributed by atoms with Crippen LogP contribution in [0.2, 0.25) is 0 Å². The maximum absolute atomic E-state index is 5.80. The second-order valence-electron chi connectivity index (χ2n) is 4.78. The minimum Gasteiger partial charge on any atom is -0.377 e. The molecule has 0 bridgehead atoms. The lowest BCUT2D eigenvalue weighted by atomic mass is 9.86. The van der Waals surface area contributed by atoms with Crippen LogP contribution < -0.4 is 5.73 Å². The number of rotatable bonds is 9. The Bertz CT molecular complexity index is 175. The summed E-state index contributed by atoms with van der Waals surface area (Å²) >= 11 is 0. The largest absolute Gasteiger partial charge is 0.377 e. The van der Waals surface area contributed by atoms with Crippen LogP contribution in [-0.4, -0.2) is 32.0 Å². The molecule has 1 saturated carbocycles. The summed E-state index contributed by atoms with van der Waals surface area (Å²) in [4.78, 5) is 0. The van der Waals surface area contributed by atoms with Gasteiger partial charge in [-0.2, -0.15) is 0 Å². The van der Waals surface area contributed by atoms with Crippen molar-refractivity contribution in [2.45, 2.75) is 70.1 Å². The number of methoxy groups -OCH3 is 1. The molecule has 1 aliphatic rings. The fraction of sp³-hybridized carbons (Fsp3) is 1.00. The van der Waals surface area contributed by atoms with Crippen molar-refractivity contribution < 1.29 is 9.47 Å². The number of hydrogen-bond donors (Lipinski definition) is 1. The van der Waals surface area contributed by atoms with Crippen molar-refractivity contribution in [2.24, 2.45) is 5.73 Å². The third-order valence-electron chi connectivity index (χ3n) is 3.39. The van der Waals surface area contributed by atoms with Crippen molar-refractivity contribution >= 4 is 0 Å². The first-order valence-corrected chi connectivity index (χ1v) is 6.69. The van der Waals surface area contributed by atoms with Crippen LogP contribution in [0, 0.1) is 0 Å². The Hall–Kier alpha value is -0.120. The van der Waals surface area contributed by atoms with Crippen molar-refractivity contribution in [3.8, 4) is 0 Å². The summed E-state index contributed by atoms with van der Waals surface area (Å²) in [5.74, 6) is 0. The van der Waals surface area contributed by atoms with Crippen LogP contribution in [0.25, 0.3) is 0 Å². The third-order valence-corrected chi connectivity index (χ3v) is 3.39. The summed E-state index contributed by atoms with van der Waals surface area (Å²) in [5.41, 5.74) is 5.80. The molecular weight excluding hydrogens is 202 g/mol. The topological polar surface area (TPSA) is 44.5 Å². The zero-order valence-corrected chi connectivity index (χ0v) is 10.8. The number of unbranched alkanes of at least 4 members (excludes halogenated alkanes) is 5. The minimum absolute atomic E-state index is 0.125. The second-order valence-corrected chi connectivity index (χ2v) is 4.78. The molecule has 0 aromatic heterocycles. The summed E-state index contributed by atoms with van der Waals surface area (Å²) in [6.07, 6.45) is 9.17. The zero-order chi connectivity index (χ0) is 11.8. The van der Waals surface area contributed by atoms with E-state index >= 15 is 0 Å². The highest BCUT2D eigenvalue weighted by molar-refractivity contribution is 4.94. The van der Waals surface area contributed by atoms with E-state index in [1.165, 1.54) is 38.5 Å². The van der Waals surface area contributed by atoms with Gasteiger partial charge >= 0.3 is 0 Å². The van der Waals surface area contributed by atoms with Crippen LogP contribution in [0.1, 0.15) is 51.9 Å². The fourth-order valence-corrected chi connectivity index (χ4v) is 2.22. The first-order chi connectivity index (χ1) is 7.79. The standard InChI is InChI=1S/C13H27NO2/c1-3-4-5-6-7-8-9-16-12-10-11(14)13(12)15-2/h11-13H,3-10,14H2,1-2H3. The van der Waals surface area contributed by atoms with Gasteiger partial charge in [0.2, 0.25) is 0 Å². The quantitative estimate of drug-likeness (QED) is 0.618. The third kappa shape index (κ3) is 4.40. The molecule has 0 aliphatic heterocycles. The highest BCUT2D eigenvalue weighted by Gasteiger charge is 2.39. The molecule has 3 heteroatoms. The summed E-state index contributed by atoms with van der Waals surface area (Å²) in [6.45, 7) is 3.11. The monoisotopic (exact) mass is 229 g/mol. The van der Waals surface area contributed by atoms with Gasteiger partial charge < -0.3 is 15.2 Å². The van der Waals surface area contributed by atoms with E-state index in [-0.39, 0.29) is 18.2 Å². The normalized spacial score (nSPS) is 29.1. The molecule has 3 atom stereocenters. The lowest BCUT2D eigenvalue weighted by Crippen LogP contribution is -2.57. The highest BCUT2D eigenvalue weighted by atomic mass is 16.5. The van der Waals surface area contributed by atoms with E-state index in [1.807, 2.05) is 0 Å². The van der Waals surface area contributed by atoms with E-state index in [9.17, 15) is 0 Å². The maximum atomic E-state index is 5.80. The average Bonchev–Trinajstić information content (AvgIpc) is 2.26. The van der Waals surface area contributed by atoms with Crippen LogP contribution >= 0.6 is 0 Å². The van der Waals surface area contributed by atoms with Gasteiger partial charge in [-0.1, -0.05) is 39.0 Å². The van der Waals surface area contributed by atoms with Crippen molar-refractivity contribution in [3.63, 3.8) is 0 Å². The van der Waals surface area contributed by atoms with E-state index in [4.69, 9.17) is 15.2 Å². The van der Waals surface area contributed by atoms with E-state index in [2.05, 4.69) is 6.92 Å². The highest BCUT2D eigenvalue weighted by Crippen LogP contribution is 2.25. The van der Waals surface area contributed by atoms with Crippen molar-refractivity contribution in [1.82, 2.24) is 0 Å². The first-order valence-electron chi connectivity index (χ1n) is 6.69. The van der Waals surface area contributed by atoms with Crippen LogP contribution in [0.5, 0.6) is 0 Å². The molecule has 1 fully saturated rings. The summed E-state index contributed by atoms with van der Waals surface area (Å²) < 4.78 is 11.0. The Morgan fingerprint density at radius 2 is 1.81 bits per heavy atom. The summed E-state index contributed by atoms with van der Waals surface area (Å²) in [7, 11) is 1.71. The van der Waals surface area contributed by atoms with Crippen molar-refractivity contribution in [3.05, 3.63) is 0 Å². The van der Waals surface area contributed by atoms with Crippen LogP contribution in [0.4, 0.5) is 0 Å². The van der Waals surface area contributed by atoms with Gasteiger partial charge in [0.15, 0.2) is 0 Å². The summed E-state index contributed by atoms with van der Waals surface area (Å²) in [6, 6.07) is 0.180. The number of hydrogen-bond acceptors (Lipinski definition) is 3. The maximum Gasteiger partial charge on any atom is 0.0984 e. The van der Waals surface area contributed by atoms with Crippen LogP contribution in [0.3, 0.4) is 0 Å². The smallest absolute Gasteiger partial charge is 0.0984 e. The SMILES string of the molecule is CCCCCCCCOC1CC(N)C1OC. The molecule has 0 aromatic rings. The Balaban J connectivity index is 1.88. The fourth-order valence-electron chi connectivity index (χ4n) is 2.22. The average molecular weight is 229 g/mol. The van der Waals surface area contributed by atoms with Crippen molar-refractivity contribution in [1.29, 1.82) is 0 Å². The summed E-state index contributed by atoms with van der Waals surface area (Å²) in [5, 5.41) is 0. The Labute approximate surface area is 99.7 Å². The molecule has 3 nitrogen and oxygen atoms in total. The molecule has 0 amide bonds. The molecular formula is C13H27NO2. The van der Waals surface area contributed by atoms with Gasteiger partial charge in [0.05, 0.1) is 12.2 Å². The van der Waals surface area contributed by atoms with Gasteiger partial charge in [0.1, 0.15) is 0 Å². The minimum atomic E-state index is 0.125. The Morgan fingerprint density at radius 3 is 2.44 bits per heavy atom. The lowest BCUT2D eigenvalue weighted by molar-refractivity contribution is -0.126. The van der Waals surface area contributed by atoms with Crippen molar-refractivity contribution in [2.75, 3.05) is 13.7 Å². The molecule has 0 spiro atoms.